The van der Waals surface area contributed by atoms with Gasteiger partial charge in [0.2, 0.25) is 0 Å². The Morgan fingerprint density at radius 3 is 2.60 bits per heavy atom. The second kappa shape index (κ2) is 6.76. The summed E-state index contributed by atoms with van der Waals surface area (Å²) in [5.41, 5.74) is -0.456. The van der Waals surface area contributed by atoms with Crippen molar-refractivity contribution in [3.63, 3.8) is 0 Å². The maximum Gasteiger partial charge on any atom is 0.315 e. The summed E-state index contributed by atoms with van der Waals surface area (Å²) in [5, 5.41) is 15.3. The molecule has 2 atom stereocenters. The molecule has 1 heterocycles. The summed E-state index contributed by atoms with van der Waals surface area (Å²) in [6.07, 6.45) is 4.80. The van der Waals surface area contributed by atoms with Crippen LogP contribution in [0.15, 0.2) is 0 Å². The lowest BCUT2D eigenvalue weighted by Crippen LogP contribution is -2.54. The van der Waals surface area contributed by atoms with E-state index < -0.39 is 5.54 Å². The third-order valence-electron chi connectivity index (χ3n) is 4.59. The number of hydrogen-bond acceptors (Lipinski definition) is 3. The van der Waals surface area contributed by atoms with Crippen LogP contribution in [0.25, 0.3) is 0 Å². The highest BCUT2D eigenvalue weighted by Gasteiger charge is 2.42. The van der Waals surface area contributed by atoms with Crippen LogP contribution in [0.5, 0.6) is 0 Å². The van der Waals surface area contributed by atoms with E-state index in [9.17, 15) is 9.90 Å². The fraction of sp³-hybridized carbons (Fsp3) is 0.933. The normalized spacial score (nSPS) is 24.1. The lowest BCUT2D eigenvalue weighted by atomic mass is 9.97. The van der Waals surface area contributed by atoms with Crippen LogP contribution in [0.3, 0.4) is 0 Å². The lowest BCUT2D eigenvalue weighted by Gasteiger charge is -2.29. The summed E-state index contributed by atoms with van der Waals surface area (Å²) in [6.45, 7) is 8.24. The van der Waals surface area contributed by atoms with Crippen LogP contribution < -0.4 is 10.6 Å². The fourth-order valence-electron chi connectivity index (χ4n) is 3.03. The quantitative estimate of drug-likeness (QED) is 0.657. The third kappa shape index (κ3) is 4.35. The largest absolute Gasteiger partial charge is 0.394 e. The van der Waals surface area contributed by atoms with Gasteiger partial charge in [-0.05, 0) is 57.5 Å². The number of amides is 2. The zero-order chi connectivity index (χ0) is 14.6. The van der Waals surface area contributed by atoms with Crippen molar-refractivity contribution in [1.82, 2.24) is 15.5 Å². The Hall–Kier alpha value is -0.810. The predicted octanol–water partition coefficient (Wildman–Crippen LogP) is 1.18. The van der Waals surface area contributed by atoms with Crippen molar-refractivity contribution < 1.29 is 9.90 Å². The molecule has 0 aromatic heterocycles. The van der Waals surface area contributed by atoms with E-state index in [1.165, 1.54) is 25.9 Å². The second-order valence-corrected chi connectivity index (χ2v) is 6.80. The van der Waals surface area contributed by atoms with Gasteiger partial charge < -0.3 is 20.6 Å². The van der Waals surface area contributed by atoms with Crippen LogP contribution >= 0.6 is 0 Å². The van der Waals surface area contributed by atoms with Crippen LogP contribution in [-0.2, 0) is 0 Å². The van der Waals surface area contributed by atoms with Crippen molar-refractivity contribution in [3.8, 4) is 0 Å². The first-order valence-corrected chi connectivity index (χ1v) is 7.93. The molecule has 1 saturated heterocycles. The van der Waals surface area contributed by atoms with Gasteiger partial charge in [-0.25, -0.2) is 4.79 Å². The number of carbonyl (C=O) groups excluding carboxylic acids is 1. The molecule has 0 spiro atoms. The first-order chi connectivity index (χ1) is 9.53. The van der Waals surface area contributed by atoms with Gasteiger partial charge in [-0.2, -0.15) is 0 Å². The van der Waals surface area contributed by atoms with E-state index in [2.05, 4.69) is 22.5 Å². The molecule has 5 nitrogen and oxygen atoms in total. The first-order valence-electron chi connectivity index (χ1n) is 7.93. The molecule has 1 saturated carbocycles. The highest BCUT2D eigenvalue weighted by Crippen LogP contribution is 2.39. The van der Waals surface area contributed by atoms with E-state index in [1.807, 2.05) is 6.92 Å². The van der Waals surface area contributed by atoms with Crippen molar-refractivity contribution in [2.24, 2.45) is 11.8 Å². The number of aliphatic hydroxyl groups excluding tert-OH is 1. The van der Waals surface area contributed by atoms with Gasteiger partial charge in [0.15, 0.2) is 0 Å². The second-order valence-electron chi connectivity index (χ2n) is 6.80. The minimum Gasteiger partial charge on any atom is -0.394 e. The smallest absolute Gasteiger partial charge is 0.315 e. The Labute approximate surface area is 122 Å². The number of nitrogens with zero attached hydrogens (tertiary/aromatic N) is 1. The van der Waals surface area contributed by atoms with E-state index in [0.717, 1.165) is 19.4 Å². The van der Waals surface area contributed by atoms with Gasteiger partial charge in [-0.3, -0.25) is 0 Å². The SMILES string of the molecule is CC(CNC(=O)NC(C)(CO)C1CC1)CN1CCCC1. The minimum atomic E-state index is -0.456. The number of nitrogens with one attached hydrogen (secondary N) is 2. The zero-order valence-corrected chi connectivity index (χ0v) is 12.8. The van der Waals surface area contributed by atoms with Crippen LogP contribution in [0, 0.1) is 11.8 Å². The Kier molecular flexibility index (Phi) is 5.27. The first kappa shape index (κ1) is 15.6. The number of urea groups is 1. The van der Waals surface area contributed by atoms with Gasteiger partial charge in [0.25, 0.3) is 0 Å². The molecular weight excluding hydrogens is 254 g/mol. The number of rotatable bonds is 7. The average molecular weight is 283 g/mol. The molecule has 1 aliphatic heterocycles. The van der Waals surface area contributed by atoms with Crippen molar-refractivity contribution in [2.75, 3.05) is 32.8 Å². The molecule has 5 heteroatoms. The van der Waals surface area contributed by atoms with Crippen LogP contribution in [0.1, 0.15) is 39.5 Å². The fourth-order valence-corrected chi connectivity index (χ4v) is 3.03. The van der Waals surface area contributed by atoms with E-state index in [4.69, 9.17) is 0 Å². The van der Waals surface area contributed by atoms with Crippen molar-refractivity contribution >= 4 is 6.03 Å². The standard InChI is InChI=1S/C15H29N3O2/c1-12(10-18-7-3-4-8-18)9-16-14(20)17-15(2,11-19)13-5-6-13/h12-13,19H,3-11H2,1-2H3,(H2,16,17,20). The summed E-state index contributed by atoms with van der Waals surface area (Å²) in [7, 11) is 0. The minimum absolute atomic E-state index is 0.00835. The highest BCUT2D eigenvalue weighted by molar-refractivity contribution is 5.74. The van der Waals surface area contributed by atoms with Crippen LogP contribution in [0.4, 0.5) is 4.79 Å². The van der Waals surface area contributed by atoms with Gasteiger partial charge in [0.05, 0.1) is 12.1 Å². The maximum absolute atomic E-state index is 11.9. The van der Waals surface area contributed by atoms with E-state index >= 15 is 0 Å². The molecule has 3 N–H and O–H groups in total. The summed E-state index contributed by atoms with van der Waals surface area (Å²) < 4.78 is 0. The molecule has 2 amide bonds. The summed E-state index contributed by atoms with van der Waals surface area (Å²) in [4.78, 5) is 14.4. The van der Waals surface area contributed by atoms with Crippen molar-refractivity contribution in [1.29, 1.82) is 0 Å². The number of hydrogen-bond donors (Lipinski definition) is 3. The molecule has 2 fully saturated rings. The Balaban J connectivity index is 1.66. The highest BCUT2D eigenvalue weighted by atomic mass is 16.3. The van der Waals surface area contributed by atoms with E-state index in [0.29, 0.717) is 18.4 Å². The molecule has 2 unspecified atom stereocenters. The van der Waals surface area contributed by atoms with Gasteiger partial charge in [0.1, 0.15) is 0 Å². The third-order valence-corrected chi connectivity index (χ3v) is 4.59. The maximum atomic E-state index is 11.9. The number of carbonyl (C=O) groups is 1. The monoisotopic (exact) mass is 283 g/mol. The molecule has 1 aliphatic carbocycles. The Morgan fingerprint density at radius 2 is 2.05 bits per heavy atom. The summed E-state index contributed by atoms with van der Waals surface area (Å²) in [6, 6.07) is -0.151. The average Bonchev–Trinajstić information content (AvgIpc) is 3.17. The summed E-state index contributed by atoms with van der Waals surface area (Å²) in [5.74, 6) is 0.889. The Bertz CT molecular complexity index is 327. The van der Waals surface area contributed by atoms with Crippen LogP contribution in [-0.4, -0.2) is 54.4 Å². The summed E-state index contributed by atoms with van der Waals surface area (Å²) >= 11 is 0. The van der Waals surface area contributed by atoms with Crippen molar-refractivity contribution in [2.45, 2.75) is 45.1 Å². The predicted molar refractivity (Wildman–Crippen MR) is 79.6 cm³/mol. The molecule has 116 valence electrons. The molecule has 0 aromatic carbocycles. The van der Waals surface area contributed by atoms with Gasteiger partial charge in [0, 0.05) is 13.1 Å². The van der Waals surface area contributed by atoms with E-state index in [1.54, 1.807) is 0 Å². The zero-order valence-electron chi connectivity index (χ0n) is 12.8. The number of likely N-dealkylation sites (tertiary alicyclic amines) is 1. The van der Waals surface area contributed by atoms with Gasteiger partial charge >= 0.3 is 6.03 Å². The number of aliphatic hydroxyl groups is 1. The van der Waals surface area contributed by atoms with E-state index in [-0.39, 0.29) is 12.6 Å². The van der Waals surface area contributed by atoms with Gasteiger partial charge in [-0.15, -0.1) is 0 Å². The van der Waals surface area contributed by atoms with Crippen LogP contribution in [0.2, 0.25) is 0 Å². The molecular formula is C15H29N3O2. The topological polar surface area (TPSA) is 64.6 Å². The van der Waals surface area contributed by atoms with Gasteiger partial charge in [-0.1, -0.05) is 6.92 Å². The lowest BCUT2D eigenvalue weighted by molar-refractivity contribution is 0.154. The molecule has 2 aliphatic rings. The molecule has 0 aromatic rings. The Morgan fingerprint density at radius 1 is 1.40 bits per heavy atom. The molecule has 20 heavy (non-hydrogen) atoms. The van der Waals surface area contributed by atoms with Crippen molar-refractivity contribution in [3.05, 3.63) is 0 Å². The molecule has 0 radical (unpaired) electrons. The molecule has 0 bridgehead atoms. The molecule has 2 rings (SSSR count).